The predicted octanol–water partition coefficient (Wildman–Crippen LogP) is 3.77. The quantitative estimate of drug-likeness (QED) is 0.634. The molecule has 128 valence electrons. The van der Waals surface area contributed by atoms with E-state index in [9.17, 15) is 4.79 Å². The molecule has 0 bridgehead atoms. The van der Waals surface area contributed by atoms with Crippen LogP contribution in [0.1, 0.15) is 33.6 Å². The smallest absolute Gasteiger partial charge is 0.410 e. The maximum absolute atomic E-state index is 12.2. The van der Waals surface area contributed by atoms with Gasteiger partial charge in [-0.05, 0) is 45.7 Å². The van der Waals surface area contributed by atoms with Gasteiger partial charge in [0.2, 0.25) is 0 Å². The molecule has 1 amide bonds. The minimum Gasteiger partial charge on any atom is -0.444 e. The highest BCUT2D eigenvalue weighted by Gasteiger charge is 2.31. The van der Waals surface area contributed by atoms with Crippen LogP contribution < -0.4 is 5.32 Å². The number of nitrogens with one attached hydrogen (secondary N) is 1. The van der Waals surface area contributed by atoms with Crippen LogP contribution in [0, 0.1) is 0 Å². The number of nitrogens with zero attached hydrogens (tertiary/aromatic N) is 1. The zero-order valence-electron chi connectivity index (χ0n) is 14.4. The van der Waals surface area contributed by atoms with Gasteiger partial charge in [0.25, 0.3) is 0 Å². The molecule has 1 aliphatic heterocycles. The normalized spacial score (nSPS) is 18.2. The van der Waals surface area contributed by atoms with Crippen molar-refractivity contribution in [2.24, 2.45) is 0 Å². The van der Waals surface area contributed by atoms with E-state index in [2.05, 4.69) is 29.6 Å². The standard InChI is InChI=1S/C18H28N2O2S/c1-18(2,3)22-17(21)20-12-7-8-15(20)14-19-11-13-23-16-9-5-4-6-10-16/h4-6,9-10,15,19H,7-8,11-14H2,1-3H3. The number of amides is 1. The molecule has 1 aromatic carbocycles. The summed E-state index contributed by atoms with van der Waals surface area (Å²) >= 11 is 1.85. The van der Waals surface area contributed by atoms with Gasteiger partial charge in [0.1, 0.15) is 5.60 Å². The molecule has 0 radical (unpaired) electrons. The van der Waals surface area contributed by atoms with Gasteiger partial charge in [-0.2, -0.15) is 0 Å². The number of benzene rings is 1. The summed E-state index contributed by atoms with van der Waals surface area (Å²) in [7, 11) is 0. The van der Waals surface area contributed by atoms with E-state index in [1.807, 2.05) is 43.5 Å². The van der Waals surface area contributed by atoms with Crippen molar-refractivity contribution in [3.05, 3.63) is 30.3 Å². The Balaban J connectivity index is 1.67. The SMILES string of the molecule is CC(C)(C)OC(=O)N1CCCC1CNCCSc1ccccc1. The van der Waals surface area contributed by atoms with E-state index in [0.29, 0.717) is 0 Å². The van der Waals surface area contributed by atoms with Crippen molar-refractivity contribution in [1.82, 2.24) is 10.2 Å². The second-order valence-electron chi connectivity index (χ2n) is 6.84. The topological polar surface area (TPSA) is 41.6 Å². The summed E-state index contributed by atoms with van der Waals surface area (Å²) in [5, 5.41) is 3.47. The van der Waals surface area contributed by atoms with E-state index in [1.165, 1.54) is 4.90 Å². The van der Waals surface area contributed by atoms with Gasteiger partial charge in [-0.3, -0.25) is 0 Å². The van der Waals surface area contributed by atoms with Gasteiger partial charge in [0.05, 0.1) is 0 Å². The van der Waals surface area contributed by atoms with E-state index >= 15 is 0 Å². The maximum Gasteiger partial charge on any atom is 0.410 e. The molecule has 1 N–H and O–H groups in total. The molecule has 1 saturated heterocycles. The van der Waals surface area contributed by atoms with Crippen molar-refractivity contribution in [3.8, 4) is 0 Å². The first-order valence-electron chi connectivity index (χ1n) is 8.34. The molecule has 1 fully saturated rings. The average molecular weight is 337 g/mol. The van der Waals surface area contributed by atoms with Crippen LogP contribution in [0.4, 0.5) is 4.79 Å². The Labute approximate surface area is 144 Å². The molecule has 1 atom stereocenters. The molecule has 23 heavy (non-hydrogen) atoms. The first-order valence-corrected chi connectivity index (χ1v) is 9.32. The Morgan fingerprint density at radius 3 is 2.78 bits per heavy atom. The van der Waals surface area contributed by atoms with Crippen molar-refractivity contribution in [3.63, 3.8) is 0 Å². The fraction of sp³-hybridized carbons (Fsp3) is 0.611. The third-order valence-electron chi connectivity index (χ3n) is 3.68. The van der Waals surface area contributed by atoms with Crippen molar-refractivity contribution in [2.45, 2.75) is 50.2 Å². The first-order chi connectivity index (χ1) is 11.0. The summed E-state index contributed by atoms with van der Waals surface area (Å²) in [4.78, 5) is 15.4. The lowest BCUT2D eigenvalue weighted by Gasteiger charge is -2.28. The fourth-order valence-electron chi connectivity index (χ4n) is 2.64. The van der Waals surface area contributed by atoms with Crippen LogP contribution >= 0.6 is 11.8 Å². The van der Waals surface area contributed by atoms with Crippen molar-refractivity contribution >= 4 is 17.9 Å². The summed E-state index contributed by atoms with van der Waals surface area (Å²) in [5.74, 6) is 1.03. The Morgan fingerprint density at radius 2 is 2.09 bits per heavy atom. The third kappa shape index (κ3) is 6.43. The second kappa shape index (κ2) is 8.60. The molecule has 1 aromatic rings. The lowest BCUT2D eigenvalue weighted by atomic mass is 10.2. The van der Waals surface area contributed by atoms with Crippen LogP contribution in [-0.2, 0) is 4.74 Å². The molecule has 2 rings (SSSR count). The van der Waals surface area contributed by atoms with Crippen LogP contribution in [0.15, 0.2) is 35.2 Å². The summed E-state index contributed by atoms with van der Waals surface area (Å²) in [6.45, 7) is 8.33. The molecule has 0 aliphatic carbocycles. The average Bonchev–Trinajstić information content (AvgIpc) is 2.95. The number of carbonyl (C=O) groups excluding carboxylic acids is 1. The Morgan fingerprint density at radius 1 is 1.35 bits per heavy atom. The zero-order chi connectivity index (χ0) is 16.7. The first kappa shape index (κ1) is 18.1. The zero-order valence-corrected chi connectivity index (χ0v) is 15.2. The predicted molar refractivity (Wildman–Crippen MR) is 96.0 cm³/mol. The highest BCUT2D eigenvalue weighted by Crippen LogP contribution is 2.20. The molecule has 0 spiro atoms. The Bertz CT molecular complexity index is 488. The summed E-state index contributed by atoms with van der Waals surface area (Å²) < 4.78 is 5.49. The van der Waals surface area contributed by atoms with Gasteiger partial charge < -0.3 is 15.0 Å². The number of rotatable bonds is 6. The maximum atomic E-state index is 12.2. The molecule has 0 aromatic heterocycles. The van der Waals surface area contributed by atoms with Gasteiger partial charge in [-0.1, -0.05) is 18.2 Å². The van der Waals surface area contributed by atoms with Crippen molar-refractivity contribution < 1.29 is 9.53 Å². The minimum absolute atomic E-state index is 0.180. The van der Waals surface area contributed by atoms with Crippen LogP contribution in [-0.4, -0.2) is 48.0 Å². The lowest BCUT2D eigenvalue weighted by molar-refractivity contribution is 0.0227. The van der Waals surface area contributed by atoms with Crippen molar-refractivity contribution in [2.75, 3.05) is 25.4 Å². The van der Waals surface area contributed by atoms with Crippen LogP contribution in [0.5, 0.6) is 0 Å². The third-order valence-corrected chi connectivity index (χ3v) is 4.69. The Hall–Kier alpha value is -1.20. The van der Waals surface area contributed by atoms with Gasteiger partial charge in [0, 0.05) is 36.3 Å². The van der Waals surface area contributed by atoms with E-state index in [4.69, 9.17) is 4.74 Å². The van der Waals surface area contributed by atoms with Gasteiger partial charge in [-0.15, -0.1) is 11.8 Å². The summed E-state index contributed by atoms with van der Waals surface area (Å²) in [5.41, 5.74) is -0.427. The van der Waals surface area contributed by atoms with Crippen LogP contribution in [0.3, 0.4) is 0 Å². The number of carbonyl (C=O) groups is 1. The molecule has 1 aliphatic rings. The van der Waals surface area contributed by atoms with Crippen molar-refractivity contribution in [1.29, 1.82) is 0 Å². The summed E-state index contributed by atoms with van der Waals surface area (Å²) in [6.07, 6.45) is 1.93. The fourth-order valence-corrected chi connectivity index (χ4v) is 3.47. The van der Waals surface area contributed by atoms with Gasteiger partial charge in [-0.25, -0.2) is 4.79 Å². The van der Waals surface area contributed by atoms with Gasteiger partial charge in [0.15, 0.2) is 0 Å². The molecule has 1 unspecified atom stereocenters. The molecular formula is C18H28N2O2S. The molecular weight excluding hydrogens is 308 g/mol. The van der Waals surface area contributed by atoms with E-state index in [1.54, 1.807) is 0 Å². The number of thioether (sulfide) groups is 1. The molecule has 1 heterocycles. The van der Waals surface area contributed by atoms with E-state index < -0.39 is 5.60 Å². The minimum atomic E-state index is -0.427. The van der Waals surface area contributed by atoms with Crippen LogP contribution in [0.2, 0.25) is 0 Å². The lowest BCUT2D eigenvalue weighted by Crippen LogP contribution is -2.44. The molecule has 5 heteroatoms. The largest absolute Gasteiger partial charge is 0.444 e. The number of hydrogen-bond acceptors (Lipinski definition) is 4. The monoisotopic (exact) mass is 336 g/mol. The summed E-state index contributed by atoms with van der Waals surface area (Å²) in [6, 6.07) is 10.7. The highest BCUT2D eigenvalue weighted by molar-refractivity contribution is 7.99. The molecule has 4 nitrogen and oxygen atoms in total. The highest BCUT2D eigenvalue weighted by atomic mass is 32.2. The van der Waals surface area contributed by atoms with Gasteiger partial charge >= 0.3 is 6.09 Å². The number of ether oxygens (including phenoxy) is 1. The van der Waals surface area contributed by atoms with E-state index in [-0.39, 0.29) is 12.1 Å². The van der Waals surface area contributed by atoms with Crippen LogP contribution in [0.25, 0.3) is 0 Å². The second-order valence-corrected chi connectivity index (χ2v) is 8.00. The Kier molecular flexibility index (Phi) is 6.78. The van der Waals surface area contributed by atoms with E-state index in [0.717, 1.165) is 38.2 Å². The number of hydrogen-bond donors (Lipinski definition) is 1. The number of likely N-dealkylation sites (tertiary alicyclic amines) is 1. The molecule has 0 saturated carbocycles.